The number of phenolic OH excluding ortho intramolecular Hbond substituents is 1. The van der Waals surface area contributed by atoms with Gasteiger partial charge >= 0.3 is 0 Å². The van der Waals surface area contributed by atoms with Crippen molar-refractivity contribution in [2.75, 3.05) is 5.32 Å². The van der Waals surface area contributed by atoms with E-state index >= 15 is 0 Å². The van der Waals surface area contributed by atoms with Crippen LogP contribution >= 0.6 is 22.7 Å². The highest BCUT2D eigenvalue weighted by atomic mass is 32.1. The number of aromatic hydroxyl groups is 1. The number of nitrogens with one attached hydrogen (secondary N) is 1. The summed E-state index contributed by atoms with van der Waals surface area (Å²) < 4.78 is 1.30. The van der Waals surface area contributed by atoms with Crippen molar-refractivity contribution in [3.8, 4) is 27.6 Å². The Kier molecular flexibility index (Phi) is 5.21. The lowest BCUT2D eigenvalue weighted by Gasteiger charge is -2.08. The van der Waals surface area contributed by atoms with Crippen LogP contribution in [0.3, 0.4) is 0 Å². The molecular weight excluding hydrogens is 446 g/mol. The van der Waals surface area contributed by atoms with Gasteiger partial charge in [0, 0.05) is 21.4 Å². The number of benzene rings is 1. The summed E-state index contributed by atoms with van der Waals surface area (Å²) in [6.07, 6.45) is 4.34. The van der Waals surface area contributed by atoms with Crippen LogP contribution in [0.25, 0.3) is 32.0 Å². The summed E-state index contributed by atoms with van der Waals surface area (Å²) >= 11 is 2.96. The number of amides is 1. The molecule has 0 radical (unpaired) electrons. The maximum absolute atomic E-state index is 13.0. The molecule has 0 bridgehead atoms. The van der Waals surface area contributed by atoms with E-state index in [9.17, 15) is 14.7 Å². The van der Waals surface area contributed by atoms with Crippen LogP contribution < -0.4 is 10.9 Å². The van der Waals surface area contributed by atoms with Gasteiger partial charge in [-0.2, -0.15) is 0 Å². The first-order valence-corrected chi connectivity index (χ1v) is 11.3. The van der Waals surface area contributed by atoms with Gasteiger partial charge in [0.2, 0.25) is 5.91 Å². The molecule has 0 fully saturated rings. The molecule has 5 rings (SSSR count). The van der Waals surface area contributed by atoms with E-state index in [4.69, 9.17) is 0 Å². The molecule has 4 aromatic heterocycles. The average molecular weight is 462 g/mol. The third-order valence-electron chi connectivity index (χ3n) is 4.70. The summed E-state index contributed by atoms with van der Waals surface area (Å²) in [6.45, 7) is -0.185. The Labute approximate surface area is 189 Å². The number of phenols is 1. The van der Waals surface area contributed by atoms with Crippen molar-refractivity contribution >= 4 is 44.5 Å². The molecule has 0 aliphatic carbocycles. The average Bonchev–Trinajstić information content (AvgIpc) is 3.46. The molecule has 10 heteroatoms. The van der Waals surface area contributed by atoms with Crippen molar-refractivity contribution in [2.45, 2.75) is 6.54 Å². The van der Waals surface area contributed by atoms with E-state index in [-0.39, 0.29) is 17.9 Å². The number of fused-ring (bicyclic) bond motifs is 1. The third-order valence-corrected chi connectivity index (χ3v) is 6.49. The molecule has 158 valence electrons. The largest absolute Gasteiger partial charge is 0.508 e. The van der Waals surface area contributed by atoms with E-state index in [2.05, 4.69) is 20.3 Å². The van der Waals surface area contributed by atoms with Crippen LogP contribution in [0, 0.1) is 0 Å². The van der Waals surface area contributed by atoms with Crippen LogP contribution in [0.5, 0.6) is 5.75 Å². The number of carbonyl (C=O) groups excluding carboxylic acids is 1. The zero-order valence-electron chi connectivity index (χ0n) is 16.4. The highest BCUT2D eigenvalue weighted by molar-refractivity contribution is 7.18. The fraction of sp³-hybridized carbons (Fsp3) is 0.0455. The van der Waals surface area contributed by atoms with Crippen LogP contribution in [-0.4, -0.2) is 30.5 Å². The van der Waals surface area contributed by atoms with E-state index in [0.717, 1.165) is 10.4 Å². The van der Waals surface area contributed by atoms with E-state index in [0.29, 0.717) is 27.3 Å². The van der Waals surface area contributed by atoms with Gasteiger partial charge in [0.05, 0.1) is 29.8 Å². The lowest BCUT2D eigenvalue weighted by Crippen LogP contribution is -2.27. The summed E-state index contributed by atoms with van der Waals surface area (Å²) in [7, 11) is 0. The second-order valence-corrected chi connectivity index (χ2v) is 8.68. The molecule has 0 spiro atoms. The van der Waals surface area contributed by atoms with Crippen molar-refractivity contribution in [2.24, 2.45) is 0 Å². The lowest BCUT2D eigenvalue weighted by molar-refractivity contribution is -0.116. The molecule has 2 N–H and O–H groups in total. The Morgan fingerprint density at radius 3 is 2.69 bits per heavy atom. The normalized spacial score (nSPS) is 11.0. The molecule has 1 aromatic carbocycles. The molecule has 0 saturated carbocycles. The molecule has 4 heterocycles. The van der Waals surface area contributed by atoms with Crippen molar-refractivity contribution < 1.29 is 9.90 Å². The SMILES string of the molecule is O=C(Cn1cnc2scc(-c3cccs3)c2c1=O)Nc1cnc(-c2cccc(O)c2)nc1. The van der Waals surface area contributed by atoms with Gasteiger partial charge in [-0.3, -0.25) is 14.2 Å². The molecule has 0 unspecified atom stereocenters. The number of aromatic nitrogens is 4. The molecule has 1 amide bonds. The molecule has 0 aliphatic heterocycles. The summed E-state index contributed by atoms with van der Waals surface area (Å²) in [6, 6.07) is 10.5. The lowest BCUT2D eigenvalue weighted by atomic mass is 10.2. The van der Waals surface area contributed by atoms with E-state index in [1.54, 1.807) is 35.6 Å². The predicted octanol–water partition coefficient (Wildman–Crippen LogP) is 3.99. The Hall–Kier alpha value is -3.89. The number of hydrogen-bond acceptors (Lipinski definition) is 8. The summed E-state index contributed by atoms with van der Waals surface area (Å²) in [4.78, 5) is 40.0. The molecule has 32 heavy (non-hydrogen) atoms. The van der Waals surface area contributed by atoms with Gasteiger partial charge in [0.1, 0.15) is 17.1 Å². The third kappa shape index (κ3) is 3.88. The van der Waals surface area contributed by atoms with Crippen LogP contribution in [-0.2, 0) is 11.3 Å². The van der Waals surface area contributed by atoms with Crippen LogP contribution in [0.2, 0.25) is 0 Å². The first-order chi connectivity index (χ1) is 15.6. The predicted molar refractivity (Wildman–Crippen MR) is 125 cm³/mol. The Morgan fingerprint density at radius 1 is 1.09 bits per heavy atom. The van der Waals surface area contributed by atoms with Crippen molar-refractivity contribution in [1.82, 2.24) is 19.5 Å². The van der Waals surface area contributed by atoms with Gasteiger partial charge in [-0.25, -0.2) is 15.0 Å². The van der Waals surface area contributed by atoms with Gasteiger partial charge < -0.3 is 10.4 Å². The zero-order chi connectivity index (χ0) is 22.1. The second-order valence-electron chi connectivity index (χ2n) is 6.88. The standard InChI is InChI=1S/C22H15N5O3S2/c28-15-4-1-3-13(7-15)20-23-8-14(9-24-20)26-18(29)10-27-12-25-21-19(22(27)30)16(11-32-21)17-5-2-6-31-17/h1-9,11-12,28H,10H2,(H,26,29). The van der Waals surface area contributed by atoms with E-state index in [1.807, 2.05) is 22.9 Å². The van der Waals surface area contributed by atoms with Gasteiger partial charge in [-0.05, 0) is 23.6 Å². The number of hydrogen-bond donors (Lipinski definition) is 2. The number of anilines is 1. The van der Waals surface area contributed by atoms with Crippen molar-refractivity contribution in [3.63, 3.8) is 0 Å². The molecular formula is C22H15N5O3S2. The number of carbonyl (C=O) groups is 1. The topological polar surface area (TPSA) is 110 Å². The minimum atomic E-state index is -0.394. The van der Waals surface area contributed by atoms with Crippen LogP contribution in [0.1, 0.15) is 0 Å². The molecule has 0 saturated heterocycles. The van der Waals surface area contributed by atoms with Gasteiger partial charge in [-0.15, -0.1) is 22.7 Å². The maximum atomic E-state index is 13.0. The number of nitrogens with zero attached hydrogens (tertiary/aromatic N) is 4. The minimum Gasteiger partial charge on any atom is -0.508 e. The first kappa shape index (κ1) is 20.0. The second kappa shape index (κ2) is 8.33. The first-order valence-electron chi connectivity index (χ1n) is 9.50. The molecule has 0 atom stereocenters. The summed E-state index contributed by atoms with van der Waals surface area (Å²) in [5.74, 6) is 0.144. The summed E-state index contributed by atoms with van der Waals surface area (Å²) in [5.41, 5.74) is 1.63. The minimum absolute atomic E-state index is 0.118. The van der Waals surface area contributed by atoms with Gasteiger partial charge in [0.15, 0.2) is 5.82 Å². The van der Waals surface area contributed by atoms with Crippen molar-refractivity contribution in [1.29, 1.82) is 0 Å². The van der Waals surface area contributed by atoms with Gasteiger partial charge in [-0.1, -0.05) is 18.2 Å². The molecule has 0 aliphatic rings. The highest BCUT2D eigenvalue weighted by Crippen LogP contribution is 2.33. The number of thiophene rings is 2. The zero-order valence-corrected chi connectivity index (χ0v) is 18.1. The van der Waals surface area contributed by atoms with Crippen LogP contribution in [0.4, 0.5) is 5.69 Å². The summed E-state index contributed by atoms with van der Waals surface area (Å²) in [5, 5.41) is 16.7. The Bertz CT molecular complexity index is 1470. The fourth-order valence-electron chi connectivity index (χ4n) is 3.24. The quantitative estimate of drug-likeness (QED) is 0.410. The van der Waals surface area contributed by atoms with Crippen LogP contribution in [0.15, 0.2) is 70.7 Å². The fourth-order valence-corrected chi connectivity index (χ4v) is 4.96. The maximum Gasteiger partial charge on any atom is 0.263 e. The number of rotatable bonds is 5. The molecule has 8 nitrogen and oxygen atoms in total. The smallest absolute Gasteiger partial charge is 0.263 e. The highest BCUT2D eigenvalue weighted by Gasteiger charge is 2.15. The Morgan fingerprint density at radius 2 is 1.94 bits per heavy atom. The van der Waals surface area contributed by atoms with E-state index < -0.39 is 5.91 Å². The monoisotopic (exact) mass is 461 g/mol. The van der Waals surface area contributed by atoms with Crippen molar-refractivity contribution in [3.05, 3.63) is 76.2 Å². The van der Waals surface area contributed by atoms with E-state index in [1.165, 1.54) is 34.6 Å². The Balaban J connectivity index is 1.35. The van der Waals surface area contributed by atoms with Gasteiger partial charge in [0.25, 0.3) is 5.56 Å². The molecule has 5 aromatic rings.